The molecule has 3 aliphatic rings. The third-order valence-electron chi connectivity index (χ3n) is 5.67. The molecule has 27 heavy (non-hydrogen) atoms. The number of carbonyl (C=O) groups is 1. The number of hydrogen-bond acceptors (Lipinski definition) is 4. The summed E-state index contributed by atoms with van der Waals surface area (Å²) in [4.78, 5) is 16.6. The Morgan fingerprint density at radius 1 is 1.04 bits per heavy atom. The lowest BCUT2D eigenvalue weighted by molar-refractivity contribution is -0.129. The van der Waals surface area contributed by atoms with Crippen molar-refractivity contribution in [1.29, 1.82) is 0 Å². The number of benzene rings is 1. The van der Waals surface area contributed by atoms with Gasteiger partial charge in [-0.25, -0.2) is 0 Å². The monoisotopic (exact) mass is 370 g/mol. The SMILES string of the molecule is O=C(C=Cc1ccc(OC2CCN(CC3CC3)CC2)cc1)N1CCOCC1. The third kappa shape index (κ3) is 5.56. The van der Waals surface area contributed by atoms with Crippen molar-refractivity contribution in [2.45, 2.75) is 31.8 Å². The highest BCUT2D eigenvalue weighted by Gasteiger charge is 2.27. The zero-order chi connectivity index (χ0) is 18.5. The number of carbonyl (C=O) groups excluding carboxylic acids is 1. The Bertz CT molecular complexity index is 640. The van der Waals surface area contributed by atoms with Crippen molar-refractivity contribution in [2.75, 3.05) is 45.9 Å². The number of piperidine rings is 1. The summed E-state index contributed by atoms with van der Waals surface area (Å²) in [6, 6.07) is 8.05. The molecule has 146 valence electrons. The van der Waals surface area contributed by atoms with Crippen LogP contribution in [0.25, 0.3) is 6.08 Å². The first-order valence-corrected chi connectivity index (χ1v) is 10.3. The van der Waals surface area contributed by atoms with Crippen molar-refractivity contribution in [1.82, 2.24) is 9.80 Å². The Balaban J connectivity index is 1.22. The van der Waals surface area contributed by atoms with Gasteiger partial charge in [0.1, 0.15) is 11.9 Å². The van der Waals surface area contributed by atoms with E-state index in [0.29, 0.717) is 32.4 Å². The van der Waals surface area contributed by atoms with Crippen LogP contribution in [0.1, 0.15) is 31.2 Å². The average molecular weight is 370 g/mol. The van der Waals surface area contributed by atoms with Crippen molar-refractivity contribution < 1.29 is 14.3 Å². The van der Waals surface area contributed by atoms with Crippen LogP contribution >= 0.6 is 0 Å². The molecule has 3 fully saturated rings. The zero-order valence-corrected chi connectivity index (χ0v) is 16.0. The minimum Gasteiger partial charge on any atom is -0.490 e. The number of morpholine rings is 1. The van der Waals surface area contributed by atoms with E-state index in [4.69, 9.17) is 9.47 Å². The number of rotatable bonds is 6. The minimum absolute atomic E-state index is 0.0524. The molecule has 0 unspecified atom stereocenters. The summed E-state index contributed by atoms with van der Waals surface area (Å²) in [5.74, 6) is 1.95. The maximum Gasteiger partial charge on any atom is 0.246 e. The predicted molar refractivity (Wildman–Crippen MR) is 106 cm³/mol. The molecule has 0 spiro atoms. The Morgan fingerprint density at radius 2 is 1.74 bits per heavy atom. The molecule has 1 aromatic rings. The normalized spacial score (nSPS) is 22.3. The Hall–Kier alpha value is -1.85. The van der Waals surface area contributed by atoms with Gasteiger partial charge in [-0.2, -0.15) is 0 Å². The van der Waals surface area contributed by atoms with Crippen LogP contribution < -0.4 is 4.74 Å². The first-order chi connectivity index (χ1) is 13.3. The summed E-state index contributed by atoms with van der Waals surface area (Å²) in [6.07, 6.45) is 8.93. The van der Waals surface area contributed by atoms with Crippen molar-refractivity contribution in [2.24, 2.45) is 5.92 Å². The standard InChI is InChI=1S/C22H30N2O3/c25-22(24-13-15-26-16-14-24)8-5-18-3-6-20(7-4-18)27-21-9-11-23(12-10-21)17-19-1-2-19/h3-8,19,21H,1-2,9-17H2. The highest BCUT2D eigenvalue weighted by molar-refractivity contribution is 5.91. The van der Waals surface area contributed by atoms with Gasteiger partial charge < -0.3 is 19.3 Å². The summed E-state index contributed by atoms with van der Waals surface area (Å²) in [5, 5.41) is 0. The van der Waals surface area contributed by atoms with Gasteiger partial charge in [0, 0.05) is 38.8 Å². The van der Waals surface area contributed by atoms with E-state index in [1.165, 1.54) is 19.4 Å². The fourth-order valence-corrected chi connectivity index (χ4v) is 3.78. The van der Waals surface area contributed by atoms with E-state index in [0.717, 1.165) is 43.2 Å². The second-order valence-electron chi connectivity index (χ2n) is 7.90. The third-order valence-corrected chi connectivity index (χ3v) is 5.67. The van der Waals surface area contributed by atoms with E-state index in [1.54, 1.807) is 6.08 Å². The second-order valence-corrected chi connectivity index (χ2v) is 7.90. The Kier molecular flexibility index (Phi) is 6.10. The molecule has 2 aliphatic heterocycles. The van der Waals surface area contributed by atoms with Crippen molar-refractivity contribution in [3.05, 3.63) is 35.9 Å². The lowest BCUT2D eigenvalue weighted by Gasteiger charge is -2.32. The number of likely N-dealkylation sites (tertiary alicyclic amines) is 1. The summed E-state index contributed by atoms with van der Waals surface area (Å²) in [6.45, 7) is 6.22. The molecule has 4 rings (SSSR count). The summed E-state index contributed by atoms with van der Waals surface area (Å²) in [7, 11) is 0. The van der Waals surface area contributed by atoms with Crippen LogP contribution in [0.3, 0.4) is 0 Å². The van der Waals surface area contributed by atoms with E-state index >= 15 is 0 Å². The van der Waals surface area contributed by atoms with Crippen molar-refractivity contribution >= 4 is 12.0 Å². The quantitative estimate of drug-likeness (QED) is 0.722. The molecule has 0 aromatic heterocycles. The smallest absolute Gasteiger partial charge is 0.246 e. The number of nitrogens with zero attached hydrogens (tertiary/aromatic N) is 2. The minimum atomic E-state index is 0.0524. The van der Waals surface area contributed by atoms with E-state index in [1.807, 2.05) is 35.2 Å². The van der Waals surface area contributed by atoms with E-state index in [2.05, 4.69) is 4.90 Å². The Morgan fingerprint density at radius 3 is 2.41 bits per heavy atom. The molecule has 1 amide bonds. The predicted octanol–water partition coefficient (Wildman–Crippen LogP) is 2.81. The molecule has 1 aromatic carbocycles. The largest absolute Gasteiger partial charge is 0.490 e. The Labute approximate surface area is 161 Å². The summed E-state index contributed by atoms with van der Waals surface area (Å²) >= 11 is 0. The topological polar surface area (TPSA) is 42.0 Å². The van der Waals surface area contributed by atoms with Crippen LogP contribution in [0, 0.1) is 5.92 Å². The number of ether oxygens (including phenoxy) is 2. The van der Waals surface area contributed by atoms with Crippen LogP contribution in [0.4, 0.5) is 0 Å². The van der Waals surface area contributed by atoms with Gasteiger partial charge in [0.05, 0.1) is 13.2 Å². The number of hydrogen-bond donors (Lipinski definition) is 0. The van der Waals surface area contributed by atoms with Gasteiger partial charge in [-0.05, 0) is 55.4 Å². The highest BCUT2D eigenvalue weighted by atomic mass is 16.5. The molecule has 5 heteroatoms. The van der Waals surface area contributed by atoms with E-state index in [-0.39, 0.29) is 5.91 Å². The van der Waals surface area contributed by atoms with Gasteiger partial charge in [0.25, 0.3) is 0 Å². The maximum absolute atomic E-state index is 12.2. The van der Waals surface area contributed by atoms with Crippen molar-refractivity contribution in [3.8, 4) is 5.75 Å². The molecule has 1 saturated carbocycles. The summed E-state index contributed by atoms with van der Waals surface area (Å²) in [5.41, 5.74) is 1.02. The molecule has 2 heterocycles. The molecule has 0 bridgehead atoms. The van der Waals surface area contributed by atoms with E-state index < -0.39 is 0 Å². The molecule has 0 atom stereocenters. The van der Waals surface area contributed by atoms with Gasteiger partial charge in [-0.3, -0.25) is 4.79 Å². The fourth-order valence-electron chi connectivity index (χ4n) is 3.78. The van der Waals surface area contributed by atoms with Gasteiger partial charge in [0.15, 0.2) is 0 Å². The van der Waals surface area contributed by atoms with Crippen LogP contribution in [0.5, 0.6) is 5.75 Å². The number of amides is 1. The molecule has 2 saturated heterocycles. The molecule has 1 aliphatic carbocycles. The average Bonchev–Trinajstić information content (AvgIpc) is 3.53. The van der Waals surface area contributed by atoms with Crippen molar-refractivity contribution in [3.63, 3.8) is 0 Å². The van der Waals surface area contributed by atoms with Gasteiger partial charge in [0.2, 0.25) is 5.91 Å². The van der Waals surface area contributed by atoms with Gasteiger partial charge in [-0.15, -0.1) is 0 Å². The van der Waals surface area contributed by atoms with Crippen LogP contribution in [0.2, 0.25) is 0 Å². The second kappa shape index (κ2) is 8.89. The molecular weight excluding hydrogens is 340 g/mol. The maximum atomic E-state index is 12.2. The van der Waals surface area contributed by atoms with Gasteiger partial charge in [-0.1, -0.05) is 12.1 Å². The first-order valence-electron chi connectivity index (χ1n) is 10.3. The van der Waals surface area contributed by atoms with Gasteiger partial charge >= 0.3 is 0 Å². The van der Waals surface area contributed by atoms with Crippen LogP contribution in [-0.2, 0) is 9.53 Å². The lowest BCUT2D eigenvalue weighted by Crippen LogP contribution is -2.39. The van der Waals surface area contributed by atoms with Crippen LogP contribution in [-0.4, -0.2) is 67.7 Å². The zero-order valence-electron chi connectivity index (χ0n) is 16.0. The van der Waals surface area contributed by atoms with E-state index in [9.17, 15) is 4.79 Å². The molecule has 0 N–H and O–H groups in total. The van der Waals surface area contributed by atoms with Crippen LogP contribution in [0.15, 0.2) is 30.3 Å². The molecule has 0 radical (unpaired) electrons. The first kappa shape index (κ1) is 18.5. The highest BCUT2D eigenvalue weighted by Crippen LogP contribution is 2.31. The fraction of sp³-hybridized carbons (Fsp3) is 0.591. The summed E-state index contributed by atoms with van der Waals surface area (Å²) < 4.78 is 11.4. The lowest BCUT2D eigenvalue weighted by atomic mass is 10.1. The molecular formula is C22H30N2O3. The molecule has 5 nitrogen and oxygen atoms in total.